The molecule has 0 saturated carbocycles. The van der Waals surface area contributed by atoms with Crippen molar-refractivity contribution in [2.45, 2.75) is 18.4 Å². The molecule has 1 fully saturated rings. The van der Waals surface area contributed by atoms with Crippen LogP contribution in [0.4, 0.5) is 20.2 Å². The molecule has 2 N–H and O–H groups in total. The van der Waals surface area contributed by atoms with Crippen molar-refractivity contribution in [2.75, 3.05) is 18.4 Å². The van der Waals surface area contributed by atoms with Crippen LogP contribution in [0.1, 0.15) is 17.9 Å². The molecule has 0 aliphatic carbocycles. The topological polar surface area (TPSA) is 33.3 Å². The lowest BCUT2D eigenvalue weighted by Gasteiger charge is -2.24. The molecule has 3 aromatic carbocycles. The third-order valence-electron chi connectivity index (χ3n) is 5.55. The lowest BCUT2D eigenvalue weighted by Crippen LogP contribution is -2.37. The van der Waals surface area contributed by atoms with Gasteiger partial charge in [0.2, 0.25) is 0 Å². The molecule has 6 heteroatoms. The second-order valence-corrected chi connectivity index (χ2v) is 7.87. The fourth-order valence-electron chi connectivity index (χ4n) is 4.23. The van der Waals surface area contributed by atoms with Crippen LogP contribution >= 0.6 is 11.6 Å². The molecule has 3 nitrogen and oxygen atoms in total. The van der Waals surface area contributed by atoms with Crippen molar-refractivity contribution in [2.24, 2.45) is 0 Å². The zero-order chi connectivity index (χ0) is 20.0. The summed E-state index contributed by atoms with van der Waals surface area (Å²) in [7, 11) is 0. The van der Waals surface area contributed by atoms with Crippen LogP contribution in [0.3, 0.4) is 0 Å². The van der Waals surface area contributed by atoms with Gasteiger partial charge in [-0.3, -0.25) is 0 Å². The molecule has 3 aromatic rings. The van der Waals surface area contributed by atoms with Crippen LogP contribution in [0.15, 0.2) is 54.6 Å². The monoisotopic (exact) mass is 412 g/mol. The Labute approximate surface area is 172 Å². The minimum absolute atomic E-state index is 0.0346. The van der Waals surface area contributed by atoms with Gasteiger partial charge in [0.15, 0.2) is 0 Å². The molecule has 29 heavy (non-hydrogen) atoms. The number of hydrogen-bond acceptors (Lipinski definition) is 3. The Kier molecular flexibility index (Phi) is 4.64. The molecule has 2 aliphatic rings. The van der Waals surface area contributed by atoms with E-state index in [2.05, 4.69) is 10.6 Å². The Morgan fingerprint density at radius 2 is 1.79 bits per heavy atom. The Morgan fingerprint density at radius 1 is 1.03 bits per heavy atom. The van der Waals surface area contributed by atoms with E-state index in [0.29, 0.717) is 11.3 Å². The van der Waals surface area contributed by atoms with Crippen LogP contribution in [0.2, 0.25) is 5.02 Å². The predicted octanol–water partition coefficient (Wildman–Crippen LogP) is 5.87. The van der Waals surface area contributed by atoms with E-state index in [1.807, 2.05) is 36.4 Å². The summed E-state index contributed by atoms with van der Waals surface area (Å²) < 4.78 is 35.6. The maximum atomic E-state index is 14.7. The zero-order valence-corrected chi connectivity index (χ0v) is 16.3. The zero-order valence-electron chi connectivity index (χ0n) is 15.5. The molecule has 0 unspecified atom stereocenters. The molecule has 2 heterocycles. The number of ether oxygens (including phenoxy) is 1. The highest BCUT2D eigenvalue weighted by atomic mass is 35.5. The van der Waals surface area contributed by atoms with Gasteiger partial charge in [0.25, 0.3) is 0 Å². The molecule has 5 rings (SSSR count). The molecule has 0 bridgehead atoms. The Balaban J connectivity index is 1.67. The molecular formula is C23H19ClF2N2O. The van der Waals surface area contributed by atoms with E-state index in [9.17, 15) is 8.78 Å². The van der Waals surface area contributed by atoms with E-state index in [1.165, 1.54) is 0 Å². The third kappa shape index (κ3) is 3.34. The van der Waals surface area contributed by atoms with Crippen LogP contribution < -0.4 is 15.4 Å². The SMILES string of the molecule is Fc1cc(Cl)cc(F)c1-c1cc(Nc2ccccc2)c2c(c1)[C@@H]1CNCC[C@H]1O2. The van der Waals surface area contributed by atoms with E-state index in [0.717, 1.165) is 48.6 Å². The van der Waals surface area contributed by atoms with Gasteiger partial charge in [-0.05, 0) is 54.9 Å². The summed E-state index contributed by atoms with van der Waals surface area (Å²) in [6, 6.07) is 15.5. The second kappa shape index (κ2) is 7.32. The quantitative estimate of drug-likeness (QED) is 0.564. The fraction of sp³-hybridized carbons (Fsp3) is 0.217. The highest BCUT2D eigenvalue weighted by Crippen LogP contribution is 2.48. The van der Waals surface area contributed by atoms with Crippen molar-refractivity contribution in [3.05, 3.63) is 76.8 Å². The van der Waals surface area contributed by atoms with Crippen molar-refractivity contribution in [3.63, 3.8) is 0 Å². The van der Waals surface area contributed by atoms with Gasteiger partial charge in [-0.15, -0.1) is 0 Å². The maximum absolute atomic E-state index is 14.7. The number of nitrogens with one attached hydrogen (secondary N) is 2. The van der Waals surface area contributed by atoms with Crippen LogP contribution in [0, 0.1) is 11.6 Å². The number of para-hydroxylation sites is 1. The molecule has 0 amide bonds. The summed E-state index contributed by atoms with van der Waals surface area (Å²) in [5, 5.41) is 6.78. The van der Waals surface area contributed by atoms with E-state index in [-0.39, 0.29) is 22.6 Å². The predicted molar refractivity (Wildman–Crippen MR) is 111 cm³/mol. The highest BCUT2D eigenvalue weighted by Gasteiger charge is 2.38. The van der Waals surface area contributed by atoms with Crippen LogP contribution in [0.5, 0.6) is 5.75 Å². The molecular weight excluding hydrogens is 394 g/mol. The highest BCUT2D eigenvalue weighted by molar-refractivity contribution is 6.30. The number of benzene rings is 3. The molecule has 0 radical (unpaired) electrons. The normalized spacial score (nSPS) is 20.0. The van der Waals surface area contributed by atoms with Crippen LogP contribution in [0.25, 0.3) is 11.1 Å². The van der Waals surface area contributed by atoms with Crippen molar-refractivity contribution in [3.8, 4) is 16.9 Å². The molecule has 0 spiro atoms. The first-order chi connectivity index (χ1) is 14.1. The summed E-state index contributed by atoms with van der Waals surface area (Å²) in [6.45, 7) is 1.67. The van der Waals surface area contributed by atoms with E-state index >= 15 is 0 Å². The molecule has 2 aliphatic heterocycles. The van der Waals surface area contributed by atoms with Crippen molar-refractivity contribution in [1.82, 2.24) is 5.32 Å². The van der Waals surface area contributed by atoms with Gasteiger partial charge in [-0.25, -0.2) is 8.78 Å². The first-order valence-electron chi connectivity index (χ1n) is 9.62. The third-order valence-corrected chi connectivity index (χ3v) is 5.77. The minimum atomic E-state index is -0.683. The number of piperidine rings is 1. The summed E-state index contributed by atoms with van der Waals surface area (Å²) in [6.07, 6.45) is 0.959. The second-order valence-electron chi connectivity index (χ2n) is 7.43. The first kappa shape index (κ1) is 18.4. The van der Waals surface area contributed by atoms with E-state index in [4.69, 9.17) is 16.3 Å². The first-order valence-corrected chi connectivity index (χ1v) is 10.0. The van der Waals surface area contributed by atoms with Gasteiger partial charge < -0.3 is 15.4 Å². The number of rotatable bonds is 3. The summed E-state index contributed by atoms with van der Waals surface area (Å²) in [5.41, 5.74) is 2.92. The summed E-state index contributed by atoms with van der Waals surface area (Å²) >= 11 is 5.81. The largest absolute Gasteiger partial charge is 0.487 e. The van der Waals surface area contributed by atoms with Crippen molar-refractivity contribution < 1.29 is 13.5 Å². The lowest BCUT2D eigenvalue weighted by atomic mass is 9.88. The van der Waals surface area contributed by atoms with Crippen molar-refractivity contribution >= 4 is 23.0 Å². The number of halogens is 3. The maximum Gasteiger partial charge on any atom is 0.146 e. The number of hydrogen-bond donors (Lipinski definition) is 2. The molecule has 148 valence electrons. The molecule has 2 atom stereocenters. The number of fused-ring (bicyclic) bond motifs is 3. The Hall–Kier alpha value is -2.63. The van der Waals surface area contributed by atoms with Gasteiger partial charge in [0.1, 0.15) is 23.5 Å². The number of anilines is 2. The van der Waals surface area contributed by atoms with Crippen LogP contribution in [-0.4, -0.2) is 19.2 Å². The van der Waals surface area contributed by atoms with Gasteiger partial charge >= 0.3 is 0 Å². The Bertz CT molecular complexity index is 1050. The standard InChI is InChI=1S/C23H19ClF2N2O/c24-14-10-18(25)22(19(26)11-14)13-8-16-17-12-27-7-6-21(17)29-23(16)20(9-13)28-15-4-2-1-3-5-15/h1-5,8-11,17,21,27-28H,6-7,12H2/t17-,21+/m0/s1. The van der Waals surface area contributed by atoms with E-state index in [1.54, 1.807) is 6.07 Å². The molecule has 1 saturated heterocycles. The Morgan fingerprint density at radius 3 is 2.55 bits per heavy atom. The fourth-order valence-corrected chi connectivity index (χ4v) is 4.42. The average molecular weight is 413 g/mol. The van der Waals surface area contributed by atoms with Gasteiger partial charge in [-0.2, -0.15) is 0 Å². The van der Waals surface area contributed by atoms with E-state index < -0.39 is 11.6 Å². The lowest BCUT2D eigenvalue weighted by molar-refractivity contribution is 0.173. The van der Waals surface area contributed by atoms with Gasteiger partial charge in [-0.1, -0.05) is 29.8 Å². The minimum Gasteiger partial charge on any atom is -0.487 e. The smallest absolute Gasteiger partial charge is 0.146 e. The average Bonchev–Trinajstić information content (AvgIpc) is 3.07. The summed E-state index contributed by atoms with van der Waals surface area (Å²) in [4.78, 5) is 0. The summed E-state index contributed by atoms with van der Waals surface area (Å²) in [5.74, 6) is -0.463. The van der Waals surface area contributed by atoms with Crippen LogP contribution in [-0.2, 0) is 0 Å². The van der Waals surface area contributed by atoms with Gasteiger partial charge in [0.05, 0.1) is 11.3 Å². The van der Waals surface area contributed by atoms with Crippen molar-refractivity contribution in [1.29, 1.82) is 0 Å². The molecule has 0 aromatic heterocycles. The van der Waals surface area contributed by atoms with Gasteiger partial charge in [0, 0.05) is 28.7 Å².